The first-order valence-electron chi connectivity index (χ1n) is 5.12. The molecule has 0 amide bonds. The lowest BCUT2D eigenvalue weighted by Crippen LogP contribution is -2.08. The lowest BCUT2D eigenvalue weighted by molar-refractivity contribution is -0.118. The molecule has 0 saturated heterocycles. The third kappa shape index (κ3) is 3.14. The van der Waals surface area contributed by atoms with Crippen LogP contribution in [0.2, 0.25) is 0 Å². The maximum Gasteiger partial charge on any atom is 0.135 e. The molecule has 1 aliphatic rings. The molecule has 1 aromatic carbocycles. The Morgan fingerprint density at radius 2 is 2.33 bits per heavy atom. The van der Waals surface area contributed by atoms with Crippen molar-refractivity contribution in [2.75, 3.05) is 0 Å². The average molecular weight is 269 g/mol. The molecule has 0 aromatic heterocycles. The Kier molecular flexibility index (Phi) is 3.54. The zero-order valence-corrected chi connectivity index (χ0v) is 10.00. The van der Waals surface area contributed by atoms with Crippen molar-refractivity contribution in [1.82, 2.24) is 0 Å². The highest BCUT2D eigenvalue weighted by atomic mass is 79.9. The smallest absolute Gasteiger partial charge is 0.135 e. The maximum atomic E-state index is 11.0. The van der Waals surface area contributed by atoms with Gasteiger partial charge in [0.1, 0.15) is 5.78 Å². The molecule has 2 rings (SSSR count). The van der Waals surface area contributed by atoms with Crippen LogP contribution in [-0.2, 0) is 16.1 Å². The summed E-state index contributed by atoms with van der Waals surface area (Å²) < 4.78 is 6.73. The monoisotopic (exact) mass is 268 g/mol. The third-order valence-electron chi connectivity index (χ3n) is 2.58. The second-order valence-corrected chi connectivity index (χ2v) is 4.76. The highest BCUT2D eigenvalue weighted by Crippen LogP contribution is 2.20. The first-order valence-corrected chi connectivity index (χ1v) is 5.91. The van der Waals surface area contributed by atoms with E-state index in [0.29, 0.717) is 25.2 Å². The standard InChI is InChI=1S/C12H13BrO2/c13-10-3-1-2-9(6-10)8-15-12-5-4-11(14)7-12/h1-3,6,12H,4-5,7-8H2. The quantitative estimate of drug-likeness (QED) is 0.842. The van der Waals surface area contributed by atoms with Gasteiger partial charge in [0.2, 0.25) is 0 Å². The van der Waals surface area contributed by atoms with E-state index in [-0.39, 0.29) is 6.10 Å². The third-order valence-corrected chi connectivity index (χ3v) is 3.07. The number of ether oxygens (including phenoxy) is 1. The Balaban J connectivity index is 1.85. The summed E-state index contributed by atoms with van der Waals surface area (Å²) in [6, 6.07) is 8.05. The van der Waals surface area contributed by atoms with Crippen molar-refractivity contribution in [3.63, 3.8) is 0 Å². The van der Waals surface area contributed by atoms with Crippen molar-refractivity contribution in [3.8, 4) is 0 Å². The molecule has 1 atom stereocenters. The highest BCUT2D eigenvalue weighted by molar-refractivity contribution is 9.10. The number of halogens is 1. The summed E-state index contributed by atoms with van der Waals surface area (Å²) in [5, 5.41) is 0. The largest absolute Gasteiger partial charge is 0.373 e. The van der Waals surface area contributed by atoms with E-state index >= 15 is 0 Å². The second kappa shape index (κ2) is 4.90. The molecule has 1 fully saturated rings. The first-order chi connectivity index (χ1) is 7.24. The summed E-state index contributed by atoms with van der Waals surface area (Å²) in [4.78, 5) is 11.0. The van der Waals surface area contributed by atoms with Crippen LogP contribution in [0.15, 0.2) is 28.7 Å². The number of hydrogen-bond acceptors (Lipinski definition) is 2. The van der Waals surface area contributed by atoms with Gasteiger partial charge in [-0.05, 0) is 24.1 Å². The Bertz CT molecular complexity index is 362. The van der Waals surface area contributed by atoms with Crippen LogP contribution < -0.4 is 0 Å². The Hall–Kier alpha value is -0.670. The average Bonchev–Trinajstić information content (AvgIpc) is 2.62. The van der Waals surface area contributed by atoms with Gasteiger partial charge in [0, 0.05) is 17.3 Å². The normalized spacial score (nSPS) is 20.9. The fraction of sp³-hybridized carbons (Fsp3) is 0.417. The SMILES string of the molecule is O=C1CCC(OCc2cccc(Br)c2)C1. The number of ketones is 1. The molecule has 0 spiro atoms. The molecule has 3 heteroatoms. The Labute approximate surface area is 97.8 Å². The zero-order valence-electron chi connectivity index (χ0n) is 8.41. The maximum absolute atomic E-state index is 11.0. The van der Waals surface area contributed by atoms with E-state index in [1.807, 2.05) is 24.3 Å². The van der Waals surface area contributed by atoms with E-state index < -0.39 is 0 Å². The molecule has 1 aliphatic carbocycles. The van der Waals surface area contributed by atoms with Crippen LogP contribution in [0.25, 0.3) is 0 Å². The van der Waals surface area contributed by atoms with Gasteiger partial charge in [-0.25, -0.2) is 0 Å². The number of Topliss-reactive ketones (excluding diaryl/α,β-unsaturated/α-hetero) is 1. The Morgan fingerprint density at radius 3 is 3.00 bits per heavy atom. The van der Waals surface area contributed by atoms with Crippen LogP contribution in [0, 0.1) is 0 Å². The molecule has 0 N–H and O–H groups in total. The van der Waals surface area contributed by atoms with Crippen LogP contribution in [0.4, 0.5) is 0 Å². The van der Waals surface area contributed by atoms with Crippen molar-refractivity contribution in [2.45, 2.75) is 32.0 Å². The van der Waals surface area contributed by atoms with E-state index in [1.54, 1.807) is 0 Å². The summed E-state index contributed by atoms with van der Waals surface area (Å²) in [5.74, 6) is 0.328. The van der Waals surface area contributed by atoms with E-state index in [9.17, 15) is 4.79 Å². The van der Waals surface area contributed by atoms with Crippen molar-refractivity contribution in [1.29, 1.82) is 0 Å². The Morgan fingerprint density at radius 1 is 1.47 bits per heavy atom. The number of rotatable bonds is 3. The highest BCUT2D eigenvalue weighted by Gasteiger charge is 2.22. The van der Waals surface area contributed by atoms with Gasteiger partial charge in [-0.3, -0.25) is 4.79 Å². The summed E-state index contributed by atoms with van der Waals surface area (Å²) >= 11 is 3.42. The fourth-order valence-electron chi connectivity index (χ4n) is 1.76. The predicted molar refractivity (Wildman–Crippen MR) is 61.6 cm³/mol. The first kappa shape index (κ1) is 10.8. The van der Waals surface area contributed by atoms with Gasteiger partial charge < -0.3 is 4.74 Å². The molecule has 1 aromatic rings. The van der Waals surface area contributed by atoms with Gasteiger partial charge in [-0.2, -0.15) is 0 Å². The molecule has 0 bridgehead atoms. The van der Waals surface area contributed by atoms with Crippen LogP contribution in [0.3, 0.4) is 0 Å². The molecule has 1 saturated carbocycles. The van der Waals surface area contributed by atoms with Gasteiger partial charge in [-0.15, -0.1) is 0 Å². The van der Waals surface area contributed by atoms with E-state index in [0.717, 1.165) is 16.5 Å². The molecule has 15 heavy (non-hydrogen) atoms. The minimum atomic E-state index is 0.136. The van der Waals surface area contributed by atoms with Gasteiger partial charge >= 0.3 is 0 Å². The van der Waals surface area contributed by atoms with Gasteiger partial charge in [0.15, 0.2) is 0 Å². The van der Waals surface area contributed by atoms with Crippen LogP contribution >= 0.6 is 15.9 Å². The molecule has 0 aliphatic heterocycles. The van der Waals surface area contributed by atoms with Gasteiger partial charge in [0.25, 0.3) is 0 Å². The van der Waals surface area contributed by atoms with Crippen molar-refractivity contribution < 1.29 is 9.53 Å². The van der Waals surface area contributed by atoms with Gasteiger partial charge in [0.05, 0.1) is 12.7 Å². The molecular weight excluding hydrogens is 256 g/mol. The van der Waals surface area contributed by atoms with Crippen molar-refractivity contribution in [3.05, 3.63) is 34.3 Å². The summed E-state index contributed by atoms with van der Waals surface area (Å²) in [5.41, 5.74) is 1.14. The molecule has 2 nitrogen and oxygen atoms in total. The minimum absolute atomic E-state index is 0.136. The summed E-state index contributed by atoms with van der Waals surface area (Å²) in [6.07, 6.45) is 2.29. The van der Waals surface area contributed by atoms with E-state index in [4.69, 9.17) is 4.74 Å². The van der Waals surface area contributed by atoms with Crippen LogP contribution in [-0.4, -0.2) is 11.9 Å². The molecular formula is C12H13BrO2. The summed E-state index contributed by atoms with van der Waals surface area (Å²) in [6.45, 7) is 0.595. The van der Waals surface area contributed by atoms with E-state index in [1.165, 1.54) is 0 Å². The topological polar surface area (TPSA) is 26.3 Å². The molecule has 0 heterocycles. The number of hydrogen-bond donors (Lipinski definition) is 0. The minimum Gasteiger partial charge on any atom is -0.373 e. The van der Waals surface area contributed by atoms with Gasteiger partial charge in [-0.1, -0.05) is 28.1 Å². The summed E-state index contributed by atoms with van der Waals surface area (Å²) in [7, 11) is 0. The zero-order chi connectivity index (χ0) is 10.7. The number of carbonyl (C=O) groups is 1. The number of benzene rings is 1. The molecule has 1 unspecified atom stereocenters. The number of carbonyl (C=O) groups excluding carboxylic acids is 1. The fourth-order valence-corrected chi connectivity index (χ4v) is 2.21. The lowest BCUT2D eigenvalue weighted by Gasteiger charge is -2.10. The van der Waals surface area contributed by atoms with Crippen molar-refractivity contribution in [2.24, 2.45) is 0 Å². The predicted octanol–water partition coefficient (Wildman–Crippen LogP) is 3.09. The van der Waals surface area contributed by atoms with Crippen LogP contribution in [0.1, 0.15) is 24.8 Å². The second-order valence-electron chi connectivity index (χ2n) is 3.84. The van der Waals surface area contributed by atoms with Crippen molar-refractivity contribution >= 4 is 21.7 Å². The lowest BCUT2D eigenvalue weighted by atomic mass is 10.2. The van der Waals surface area contributed by atoms with E-state index in [2.05, 4.69) is 15.9 Å². The molecule has 80 valence electrons. The van der Waals surface area contributed by atoms with Crippen LogP contribution in [0.5, 0.6) is 0 Å². The molecule has 0 radical (unpaired) electrons.